The fraction of sp³-hybridized carbons (Fsp3) is 0.158. The molecule has 0 spiro atoms. The summed E-state index contributed by atoms with van der Waals surface area (Å²) in [5, 5.41) is 11.8. The lowest BCUT2D eigenvalue weighted by Crippen LogP contribution is -2.32. The van der Waals surface area contributed by atoms with Crippen LogP contribution in [0.2, 0.25) is 0 Å². The van der Waals surface area contributed by atoms with Gasteiger partial charge >= 0.3 is 0 Å². The van der Waals surface area contributed by atoms with Gasteiger partial charge in [-0.05, 0) is 25.1 Å². The maximum absolute atomic E-state index is 13.1. The Morgan fingerprint density at radius 1 is 1.19 bits per heavy atom. The van der Waals surface area contributed by atoms with E-state index in [4.69, 9.17) is 0 Å². The number of hydrogen-bond donors (Lipinski definition) is 0. The minimum atomic E-state index is -0.471. The highest BCUT2D eigenvalue weighted by molar-refractivity contribution is 7.12. The molecule has 3 aromatic rings. The second-order valence-electron chi connectivity index (χ2n) is 6.03. The van der Waals surface area contributed by atoms with Crippen LogP contribution in [0.25, 0.3) is 11.3 Å². The monoisotopic (exact) mass is 365 g/mol. The first-order valence-electron chi connectivity index (χ1n) is 8.16. The Kier molecular flexibility index (Phi) is 4.00. The summed E-state index contributed by atoms with van der Waals surface area (Å²) in [6.45, 7) is 2.53. The van der Waals surface area contributed by atoms with E-state index in [1.54, 1.807) is 16.2 Å². The van der Waals surface area contributed by atoms with Crippen LogP contribution < -0.4 is 4.90 Å². The number of aromatic nitrogens is 1. The zero-order valence-electron chi connectivity index (χ0n) is 14.0. The van der Waals surface area contributed by atoms with E-state index >= 15 is 0 Å². The summed E-state index contributed by atoms with van der Waals surface area (Å²) in [4.78, 5) is 31.0. The van der Waals surface area contributed by atoms with Crippen molar-refractivity contribution in [3.05, 3.63) is 74.1 Å². The number of carbonyl (C=O) groups excluding carboxylic acids is 1. The van der Waals surface area contributed by atoms with Crippen LogP contribution in [0.5, 0.6) is 0 Å². The third-order valence-electron chi connectivity index (χ3n) is 4.39. The van der Waals surface area contributed by atoms with Crippen LogP contribution in [0.15, 0.2) is 48.5 Å². The lowest BCUT2D eigenvalue weighted by Gasteiger charge is -2.23. The van der Waals surface area contributed by atoms with Crippen LogP contribution in [-0.4, -0.2) is 22.4 Å². The average molecular weight is 365 g/mol. The molecular weight excluding hydrogens is 350 g/mol. The van der Waals surface area contributed by atoms with E-state index < -0.39 is 4.92 Å². The van der Waals surface area contributed by atoms with Gasteiger partial charge in [-0.25, -0.2) is 4.98 Å². The van der Waals surface area contributed by atoms with Crippen molar-refractivity contribution in [2.24, 2.45) is 0 Å². The number of carbonyl (C=O) groups is 1. The summed E-state index contributed by atoms with van der Waals surface area (Å²) in [5.41, 5.74) is 3.11. The highest BCUT2D eigenvalue weighted by Gasteiger charge is 2.27. The Morgan fingerprint density at radius 2 is 1.92 bits per heavy atom. The Hall–Kier alpha value is -3.06. The Bertz CT molecular complexity index is 1010. The largest absolute Gasteiger partial charge is 0.307 e. The van der Waals surface area contributed by atoms with Gasteiger partial charge in [0.25, 0.3) is 11.6 Å². The van der Waals surface area contributed by atoms with Gasteiger partial charge in [0.15, 0.2) is 0 Å². The highest BCUT2D eigenvalue weighted by atomic mass is 32.1. The minimum Gasteiger partial charge on any atom is -0.307 e. The molecule has 0 fully saturated rings. The second-order valence-corrected chi connectivity index (χ2v) is 7.32. The molecule has 0 N–H and O–H groups in total. The lowest BCUT2D eigenvalue weighted by molar-refractivity contribution is -0.384. The second kappa shape index (κ2) is 6.34. The van der Waals surface area contributed by atoms with Gasteiger partial charge in [-0.15, -0.1) is 11.3 Å². The Labute approximate surface area is 153 Å². The van der Waals surface area contributed by atoms with E-state index in [0.717, 1.165) is 28.4 Å². The molecule has 0 saturated heterocycles. The SMILES string of the molecule is Cc1nc2c(s1)CCN(C(=O)c1ccc([N+](=O)[O-])cc1)c1ccccc1-2. The zero-order chi connectivity index (χ0) is 18.3. The molecule has 0 aliphatic carbocycles. The van der Waals surface area contributed by atoms with E-state index in [2.05, 4.69) is 4.98 Å². The van der Waals surface area contributed by atoms with Crippen LogP contribution in [0.1, 0.15) is 20.2 Å². The molecule has 6 nitrogen and oxygen atoms in total. The fourth-order valence-electron chi connectivity index (χ4n) is 3.18. The molecule has 1 amide bonds. The summed E-state index contributed by atoms with van der Waals surface area (Å²) in [6, 6.07) is 13.5. The summed E-state index contributed by atoms with van der Waals surface area (Å²) in [7, 11) is 0. The predicted octanol–water partition coefficient (Wildman–Crippen LogP) is 4.23. The molecule has 7 heteroatoms. The van der Waals surface area contributed by atoms with Crippen molar-refractivity contribution in [3.63, 3.8) is 0 Å². The van der Waals surface area contributed by atoms with Crippen LogP contribution in [-0.2, 0) is 6.42 Å². The summed E-state index contributed by atoms with van der Waals surface area (Å²) in [5.74, 6) is -0.167. The Balaban J connectivity index is 1.75. The number of aryl methyl sites for hydroxylation is 1. The van der Waals surface area contributed by atoms with Gasteiger partial charge in [0, 0.05) is 41.1 Å². The third kappa shape index (κ3) is 2.76. The van der Waals surface area contributed by atoms with Gasteiger partial charge in [-0.3, -0.25) is 14.9 Å². The van der Waals surface area contributed by atoms with E-state index in [-0.39, 0.29) is 11.6 Å². The maximum Gasteiger partial charge on any atom is 0.269 e. The molecule has 2 aromatic carbocycles. The van der Waals surface area contributed by atoms with Crippen LogP contribution >= 0.6 is 11.3 Å². The standard InChI is InChI=1S/C19H15N3O3S/c1-12-20-18-15-4-2-3-5-16(15)21(11-10-17(18)26-12)19(23)13-6-8-14(9-7-13)22(24)25/h2-9H,10-11H2,1H3. The lowest BCUT2D eigenvalue weighted by atomic mass is 10.1. The van der Waals surface area contributed by atoms with Crippen molar-refractivity contribution < 1.29 is 9.72 Å². The molecule has 4 rings (SSSR count). The van der Waals surface area contributed by atoms with Crippen molar-refractivity contribution in [1.29, 1.82) is 0 Å². The molecule has 26 heavy (non-hydrogen) atoms. The number of anilines is 1. The van der Waals surface area contributed by atoms with Crippen LogP contribution in [0.3, 0.4) is 0 Å². The number of nitro groups is 1. The van der Waals surface area contributed by atoms with Crippen molar-refractivity contribution in [3.8, 4) is 11.3 Å². The predicted molar refractivity (Wildman–Crippen MR) is 101 cm³/mol. The molecule has 1 aromatic heterocycles. The number of nitro benzene ring substituents is 1. The fourth-order valence-corrected chi connectivity index (χ4v) is 4.12. The number of rotatable bonds is 2. The van der Waals surface area contributed by atoms with Crippen molar-refractivity contribution in [1.82, 2.24) is 4.98 Å². The number of thiazole rings is 1. The Morgan fingerprint density at radius 3 is 2.65 bits per heavy atom. The van der Waals surface area contributed by atoms with Gasteiger partial charge in [-0.2, -0.15) is 0 Å². The number of benzene rings is 2. The van der Waals surface area contributed by atoms with E-state index in [1.165, 1.54) is 29.1 Å². The van der Waals surface area contributed by atoms with Crippen molar-refractivity contribution in [2.75, 3.05) is 11.4 Å². The van der Waals surface area contributed by atoms with Crippen LogP contribution in [0, 0.1) is 17.0 Å². The van der Waals surface area contributed by atoms with Crippen LogP contribution in [0.4, 0.5) is 11.4 Å². The molecule has 0 radical (unpaired) electrons. The summed E-state index contributed by atoms with van der Waals surface area (Å²) >= 11 is 1.66. The molecule has 130 valence electrons. The first kappa shape index (κ1) is 16.4. The van der Waals surface area contributed by atoms with Crippen molar-refractivity contribution in [2.45, 2.75) is 13.3 Å². The first-order chi connectivity index (χ1) is 12.5. The van der Waals surface area contributed by atoms with E-state index in [1.807, 2.05) is 31.2 Å². The number of non-ortho nitro benzene ring substituents is 1. The van der Waals surface area contributed by atoms with E-state index in [0.29, 0.717) is 12.1 Å². The maximum atomic E-state index is 13.1. The molecule has 0 saturated carbocycles. The quantitative estimate of drug-likeness (QED) is 0.503. The molecule has 1 aliphatic rings. The molecule has 0 atom stereocenters. The van der Waals surface area contributed by atoms with Gasteiger partial charge in [0.2, 0.25) is 0 Å². The normalized spacial score (nSPS) is 12.9. The number of fused-ring (bicyclic) bond motifs is 3. The average Bonchev–Trinajstić information content (AvgIpc) is 2.95. The van der Waals surface area contributed by atoms with E-state index in [9.17, 15) is 14.9 Å². The first-order valence-corrected chi connectivity index (χ1v) is 8.98. The number of amides is 1. The van der Waals surface area contributed by atoms with Gasteiger partial charge in [-0.1, -0.05) is 18.2 Å². The highest BCUT2D eigenvalue weighted by Crippen LogP contribution is 2.38. The van der Waals surface area contributed by atoms with Crippen molar-refractivity contribution >= 4 is 28.6 Å². The summed E-state index contributed by atoms with van der Waals surface area (Å²) in [6.07, 6.45) is 0.730. The van der Waals surface area contributed by atoms with Gasteiger partial charge in [0.05, 0.1) is 21.3 Å². The summed E-state index contributed by atoms with van der Waals surface area (Å²) < 4.78 is 0. The van der Waals surface area contributed by atoms with Gasteiger partial charge < -0.3 is 4.90 Å². The van der Waals surface area contributed by atoms with Gasteiger partial charge in [0.1, 0.15) is 0 Å². The zero-order valence-corrected chi connectivity index (χ0v) is 14.8. The smallest absolute Gasteiger partial charge is 0.269 e. The topological polar surface area (TPSA) is 76.3 Å². The molecule has 0 bridgehead atoms. The molecular formula is C19H15N3O3S. The number of hydrogen-bond acceptors (Lipinski definition) is 5. The minimum absolute atomic E-state index is 0.0281. The molecule has 0 unspecified atom stereocenters. The third-order valence-corrected chi connectivity index (χ3v) is 5.42. The molecule has 1 aliphatic heterocycles. The number of nitrogens with zero attached hydrogens (tertiary/aromatic N) is 3. The molecule has 2 heterocycles. The number of para-hydroxylation sites is 1.